The van der Waals surface area contributed by atoms with Crippen LogP contribution in [0.4, 0.5) is 4.79 Å². The van der Waals surface area contributed by atoms with E-state index in [1.54, 1.807) is 32.5 Å². The minimum atomic E-state index is -0.929. The Balaban J connectivity index is 0.00000506. The largest absolute Gasteiger partial charge is 0.444 e. The number of benzene rings is 1. The van der Waals surface area contributed by atoms with E-state index < -0.39 is 29.0 Å². The normalized spacial score (nSPS) is 21.1. The Morgan fingerprint density at radius 1 is 1.02 bits per heavy atom. The summed E-state index contributed by atoms with van der Waals surface area (Å²) < 4.78 is 5.45. The minimum absolute atomic E-state index is 0. The van der Waals surface area contributed by atoms with E-state index in [4.69, 9.17) is 4.74 Å². The number of amides is 3. The van der Waals surface area contributed by atoms with Crippen molar-refractivity contribution in [3.63, 3.8) is 0 Å². The molecule has 2 saturated heterocycles. The van der Waals surface area contributed by atoms with Gasteiger partial charge in [0.2, 0.25) is 11.8 Å². The third kappa shape index (κ3) is 11.6. The molecule has 2 N–H and O–H groups in total. The summed E-state index contributed by atoms with van der Waals surface area (Å²) >= 11 is 1.61. The van der Waals surface area contributed by atoms with Crippen molar-refractivity contribution >= 4 is 47.9 Å². The highest BCUT2D eigenvalue weighted by Crippen LogP contribution is 2.29. The van der Waals surface area contributed by atoms with Gasteiger partial charge in [-0.3, -0.25) is 24.2 Å². The van der Waals surface area contributed by atoms with Gasteiger partial charge < -0.3 is 15.4 Å². The molecule has 1 saturated carbocycles. The van der Waals surface area contributed by atoms with Crippen molar-refractivity contribution in [2.75, 3.05) is 25.4 Å². The predicted octanol–water partition coefficient (Wildman–Crippen LogP) is 4.91. The molecule has 4 rings (SSSR count). The molecule has 1 unspecified atom stereocenters. The number of Topliss-reactive ketones (excluding diaryl/α,β-unsaturated/α-hetero) is 1. The van der Waals surface area contributed by atoms with E-state index >= 15 is 0 Å². The van der Waals surface area contributed by atoms with Gasteiger partial charge in [-0.15, -0.1) is 24.2 Å². The third-order valence-corrected chi connectivity index (χ3v) is 9.56. The van der Waals surface area contributed by atoms with Gasteiger partial charge in [0.25, 0.3) is 0 Å². The van der Waals surface area contributed by atoms with Crippen LogP contribution >= 0.6 is 24.2 Å². The maximum atomic E-state index is 13.4. The smallest absolute Gasteiger partial charge is 0.411 e. The fraction of sp³-hybridized carbons (Fsp3) is 0.688. The number of hydrogen-bond acceptors (Lipinski definition) is 7. The van der Waals surface area contributed by atoms with Gasteiger partial charge in [0.15, 0.2) is 5.78 Å². The lowest BCUT2D eigenvalue weighted by Crippen LogP contribution is -2.50. The first-order valence-corrected chi connectivity index (χ1v) is 16.6. The molecule has 240 valence electrons. The first-order valence-electron chi connectivity index (χ1n) is 15.5. The highest BCUT2D eigenvalue weighted by atomic mass is 35.5. The van der Waals surface area contributed by atoms with E-state index in [9.17, 15) is 19.2 Å². The van der Waals surface area contributed by atoms with Crippen molar-refractivity contribution in [1.29, 1.82) is 0 Å². The standard InChI is InChI=1S/C32H48N4O5S.ClH/c1-32(2,3)41-31(40)36-21-26(37)18-27(36)30(39)34-29(42-22-24-12-8-5-9-13-24)19-28(38)33-25-14-16-35(17-15-25)20-23-10-6-4-7-11-23;/h4,6-7,10-11,24-25,27,29H,5,8-9,12-22H2,1-3H3,(H,33,38)(H,34,39);1H/t27-,29?;/m0./s1. The molecule has 0 aromatic heterocycles. The average Bonchev–Trinajstić information content (AvgIpc) is 3.35. The van der Waals surface area contributed by atoms with Crippen LogP contribution in [0.5, 0.6) is 0 Å². The molecule has 43 heavy (non-hydrogen) atoms. The Morgan fingerprint density at radius 2 is 1.70 bits per heavy atom. The molecule has 1 aromatic rings. The summed E-state index contributed by atoms with van der Waals surface area (Å²) in [6, 6.07) is 9.61. The predicted molar refractivity (Wildman–Crippen MR) is 172 cm³/mol. The quantitative estimate of drug-likeness (QED) is 0.351. The van der Waals surface area contributed by atoms with Crippen molar-refractivity contribution in [3.05, 3.63) is 35.9 Å². The SMILES string of the molecule is CC(C)(C)OC(=O)N1CC(=O)C[C@H]1C(=O)NC(CC(=O)NC1CCN(Cc2ccccc2)CC1)SCC1CCCCC1.Cl. The van der Waals surface area contributed by atoms with Gasteiger partial charge >= 0.3 is 6.09 Å². The Kier molecular flexibility index (Phi) is 13.6. The zero-order chi connectivity index (χ0) is 30.1. The van der Waals surface area contributed by atoms with Crippen molar-refractivity contribution < 1.29 is 23.9 Å². The molecule has 2 atom stereocenters. The van der Waals surface area contributed by atoms with Crippen molar-refractivity contribution in [2.24, 2.45) is 5.92 Å². The second kappa shape index (κ2) is 16.7. The summed E-state index contributed by atoms with van der Waals surface area (Å²) in [4.78, 5) is 55.3. The zero-order valence-corrected chi connectivity index (χ0v) is 27.5. The van der Waals surface area contributed by atoms with Gasteiger partial charge in [0.1, 0.15) is 11.6 Å². The van der Waals surface area contributed by atoms with Crippen LogP contribution in [0.15, 0.2) is 30.3 Å². The fourth-order valence-electron chi connectivity index (χ4n) is 5.98. The Labute approximate surface area is 267 Å². The molecular formula is C32H49ClN4O5S. The van der Waals surface area contributed by atoms with Crippen LogP contribution in [0.1, 0.15) is 84.1 Å². The summed E-state index contributed by atoms with van der Waals surface area (Å²) in [6.45, 7) is 7.87. The molecule has 2 aliphatic heterocycles. The molecule has 0 radical (unpaired) electrons. The van der Waals surface area contributed by atoms with Gasteiger partial charge in [-0.1, -0.05) is 49.6 Å². The fourth-order valence-corrected chi connectivity index (χ4v) is 7.29. The van der Waals surface area contributed by atoms with E-state index in [0.29, 0.717) is 5.92 Å². The number of nitrogens with one attached hydrogen (secondary N) is 2. The van der Waals surface area contributed by atoms with Crippen molar-refractivity contribution in [1.82, 2.24) is 20.4 Å². The number of carbonyl (C=O) groups excluding carboxylic acids is 4. The molecule has 3 aliphatic rings. The van der Waals surface area contributed by atoms with Gasteiger partial charge in [0, 0.05) is 32.1 Å². The topological polar surface area (TPSA) is 108 Å². The molecule has 0 bridgehead atoms. The second-order valence-electron chi connectivity index (χ2n) is 13.0. The van der Waals surface area contributed by atoms with Gasteiger partial charge in [0.05, 0.1) is 18.3 Å². The monoisotopic (exact) mass is 636 g/mol. The van der Waals surface area contributed by atoms with E-state index in [2.05, 4.69) is 39.8 Å². The Morgan fingerprint density at radius 3 is 2.35 bits per heavy atom. The lowest BCUT2D eigenvalue weighted by atomic mass is 9.91. The first-order chi connectivity index (χ1) is 20.1. The van der Waals surface area contributed by atoms with E-state index in [0.717, 1.165) is 38.2 Å². The number of thioether (sulfide) groups is 1. The lowest BCUT2D eigenvalue weighted by Gasteiger charge is -2.33. The number of ether oxygens (including phenoxy) is 1. The van der Waals surface area contributed by atoms with Crippen LogP contribution < -0.4 is 10.6 Å². The third-order valence-electron chi connectivity index (χ3n) is 8.21. The Hall–Kier alpha value is -2.30. The van der Waals surface area contributed by atoms with Gasteiger partial charge in [-0.2, -0.15) is 0 Å². The van der Waals surface area contributed by atoms with Gasteiger partial charge in [-0.05, 0) is 63.7 Å². The van der Waals surface area contributed by atoms with Crippen LogP contribution in [-0.2, 0) is 25.7 Å². The lowest BCUT2D eigenvalue weighted by molar-refractivity contribution is -0.126. The zero-order valence-electron chi connectivity index (χ0n) is 25.8. The number of hydrogen-bond donors (Lipinski definition) is 2. The molecule has 0 spiro atoms. The number of carbonyl (C=O) groups is 4. The molecular weight excluding hydrogens is 588 g/mol. The molecule has 1 aliphatic carbocycles. The molecule has 11 heteroatoms. The molecule has 3 amide bonds. The number of nitrogens with zero attached hydrogens (tertiary/aromatic N) is 2. The van der Waals surface area contributed by atoms with Crippen LogP contribution in [0.2, 0.25) is 0 Å². The Bertz CT molecular complexity index is 1070. The summed E-state index contributed by atoms with van der Waals surface area (Å²) in [5.41, 5.74) is 0.556. The number of likely N-dealkylation sites (tertiary alicyclic amines) is 2. The number of rotatable bonds is 10. The number of piperidine rings is 1. The first kappa shape index (κ1) is 35.2. The summed E-state index contributed by atoms with van der Waals surface area (Å²) in [6.07, 6.45) is 7.27. The maximum Gasteiger partial charge on any atom is 0.411 e. The van der Waals surface area contributed by atoms with Crippen LogP contribution in [0.25, 0.3) is 0 Å². The molecule has 1 aromatic carbocycles. The number of halogens is 1. The summed E-state index contributed by atoms with van der Waals surface area (Å²) in [5.74, 6) is 0.782. The summed E-state index contributed by atoms with van der Waals surface area (Å²) in [5, 5.41) is 5.79. The second-order valence-corrected chi connectivity index (χ2v) is 14.2. The highest BCUT2D eigenvalue weighted by molar-refractivity contribution is 7.99. The minimum Gasteiger partial charge on any atom is -0.444 e. The molecule has 3 fully saturated rings. The highest BCUT2D eigenvalue weighted by Gasteiger charge is 2.41. The van der Waals surface area contributed by atoms with Gasteiger partial charge in [-0.25, -0.2) is 4.79 Å². The van der Waals surface area contributed by atoms with E-state index in [-0.39, 0.29) is 49.5 Å². The van der Waals surface area contributed by atoms with Crippen LogP contribution in [-0.4, -0.2) is 81.9 Å². The van der Waals surface area contributed by atoms with Crippen LogP contribution in [0.3, 0.4) is 0 Å². The summed E-state index contributed by atoms with van der Waals surface area (Å²) in [7, 11) is 0. The van der Waals surface area contributed by atoms with E-state index in [1.807, 2.05) is 6.07 Å². The average molecular weight is 637 g/mol. The molecule has 9 nitrogen and oxygen atoms in total. The van der Waals surface area contributed by atoms with Crippen molar-refractivity contribution in [3.8, 4) is 0 Å². The molecule has 2 heterocycles. The number of ketones is 1. The maximum absolute atomic E-state index is 13.4. The van der Waals surface area contributed by atoms with Crippen LogP contribution in [0, 0.1) is 5.92 Å². The van der Waals surface area contributed by atoms with E-state index in [1.165, 1.54) is 42.6 Å². The van der Waals surface area contributed by atoms with Crippen molar-refractivity contribution in [2.45, 2.75) is 108 Å².